The van der Waals surface area contributed by atoms with E-state index in [1.807, 2.05) is 26.8 Å². The molecule has 0 aliphatic rings. The third-order valence-electron chi connectivity index (χ3n) is 4.50. The second-order valence-electron chi connectivity index (χ2n) is 6.58. The molecule has 3 aromatic heterocycles. The summed E-state index contributed by atoms with van der Waals surface area (Å²) in [5.41, 5.74) is 2.79. The van der Waals surface area contributed by atoms with E-state index in [1.54, 1.807) is 16.3 Å². The number of hydrogen-bond donors (Lipinski definition) is 0. The fraction of sp³-hybridized carbons (Fsp3) is 0.444. The van der Waals surface area contributed by atoms with Crippen LogP contribution in [0.3, 0.4) is 0 Å². The highest BCUT2D eigenvalue weighted by Crippen LogP contribution is 2.19. The van der Waals surface area contributed by atoms with Gasteiger partial charge in [0.2, 0.25) is 5.95 Å². The Kier molecular flexibility index (Phi) is 4.43. The summed E-state index contributed by atoms with van der Waals surface area (Å²) in [6.07, 6.45) is 1.58. The predicted octanol–water partition coefficient (Wildman–Crippen LogP) is 1.32. The summed E-state index contributed by atoms with van der Waals surface area (Å²) in [5, 5.41) is 4.64. The van der Waals surface area contributed by atoms with Crippen molar-refractivity contribution in [3.63, 3.8) is 0 Å². The highest BCUT2D eigenvalue weighted by atomic mass is 16.2. The maximum Gasteiger partial charge on any atom is 0.332 e. The van der Waals surface area contributed by atoms with E-state index >= 15 is 0 Å². The Labute approximate surface area is 151 Å². The largest absolute Gasteiger partial charge is 0.332 e. The van der Waals surface area contributed by atoms with Crippen LogP contribution >= 0.6 is 0 Å². The molecule has 0 unspecified atom stereocenters. The van der Waals surface area contributed by atoms with Crippen molar-refractivity contribution in [3.8, 4) is 5.95 Å². The summed E-state index contributed by atoms with van der Waals surface area (Å²) in [5.74, 6) is 0.526. The number of hydrogen-bond acceptors (Lipinski definition) is 4. The zero-order chi connectivity index (χ0) is 19.2. The van der Waals surface area contributed by atoms with Gasteiger partial charge < -0.3 is 0 Å². The molecule has 0 atom stereocenters. The van der Waals surface area contributed by atoms with E-state index in [1.165, 1.54) is 11.6 Å². The lowest BCUT2D eigenvalue weighted by molar-refractivity contribution is 0.678. The van der Waals surface area contributed by atoms with E-state index < -0.39 is 5.69 Å². The molecule has 0 radical (unpaired) electrons. The highest BCUT2D eigenvalue weighted by Gasteiger charge is 2.22. The molecule has 0 saturated heterocycles. The molecule has 0 fully saturated rings. The number of aromatic nitrogens is 6. The van der Waals surface area contributed by atoms with Crippen LogP contribution in [0.4, 0.5) is 0 Å². The second kappa shape index (κ2) is 6.44. The lowest BCUT2D eigenvalue weighted by atomic mass is 10.3. The number of nitrogens with zero attached hydrogens (tertiary/aromatic N) is 6. The lowest BCUT2D eigenvalue weighted by Gasteiger charge is -2.10. The predicted molar refractivity (Wildman–Crippen MR) is 101 cm³/mol. The molecule has 8 heteroatoms. The van der Waals surface area contributed by atoms with Crippen molar-refractivity contribution in [2.24, 2.45) is 14.1 Å². The molecule has 0 amide bonds. The van der Waals surface area contributed by atoms with Crippen molar-refractivity contribution in [2.45, 2.75) is 40.2 Å². The number of fused-ring (bicyclic) bond motifs is 1. The summed E-state index contributed by atoms with van der Waals surface area (Å²) in [6, 6.07) is 2.04. The fourth-order valence-electron chi connectivity index (χ4n) is 3.09. The first-order valence-electron chi connectivity index (χ1n) is 8.68. The van der Waals surface area contributed by atoms with Crippen LogP contribution in [0.25, 0.3) is 17.1 Å². The molecule has 3 heterocycles. The third-order valence-corrected chi connectivity index (χ3v) is 4.50. The van der Waals surface area contributed by atoms with E-state index in [2.05, 4.69) is 16.7 Å². The van der Waals surface area contributed by atoms with Gasteiger partial charge in [0.05, 0.1) is 5.69 Å². The molecule has 0 aromatic carbocycles. The van der Waals surface area contributed by atoms with Crippen LogP contribution in [-0.2, 0) is 33.5 Å². The topological polar surface area (TPSA) is 79.6 Å². The first-order valence-corrected chi connectivity index (χ1v) is 8.68. The molecule has 138 valence electrons. The minimum Gasteiger partial charge on any atom is -0.298 e. The van der Waals surface area contributed by atoms with E-state index in [-0.39, 0.29) is 5.56 Å². The fourth-order valence-corrected chi connectivity index (χ4v) is 3.09. The number of allylic oxidation sites excluding steroid dienone is 1. The van der Waals surface area contributed by atoms with Gasteiger partial charge in [0.25, 0.3) is 5.56 Å². The van der Waals surface area contributed by atoms with Gasteiger partial charge in [-0.05, 0) is 25.8 Å². The van der Waals surface area contributed by atoms with Crippen LogP contribution in [0, 0.1) is 0 Å². The Hall–Kier alpha value is -2.90. The van der Waals surface area contributed by atoms with Gasteiger partial charge in [-0.25, -0.2) is 9.48 Å². The summed E-state index contributed by atoms with van der Waals surface area (Å²) >= 11 is 0. The van der Waals surface area contributed by atoms with Gasteiger partial charge in [0.1, 0.15) is 0 Å². The van der Waals surface area contributed by atoms with Crippen molar-refractivity contribution in [1.82, 2.24) is 28.5 Å². The standard InChI is InChI=1S/C18H24N6O2/c1-7-12-9-13(8-2)24(20-12)17-19-15-14(23(17)10-11(3)4)16(25)22(6)18(26)21(15)5/h9H,3,7-8,10H2,1-2,4-6H3. The van der Waals surface area contributed by atoms with Gasteiger partial charge in [0.15, 0.2) is 11.2 Å². The molecule has 0 N–H and O–H groups in total. The van der Waals surface area contributed by atoms with Crippen LogP contribution in [-0.4, -0.2) is 28.5 Å². The van der Waals surface area contributed by atoms with Gasteiger partial charge in [-0.2, -0.15) is 10.1 Å². The minimum atomic E-state index is -0.403. The van der Waals surface area contributed by atoms with Gasteiger partial charge in [0, 0.05) is 26.3 Å². The Morgan fingerprint density at radius 2 is 1.85 bits per heavy atom. The SMILES string of the molecule is C=C(C)Cn1c(-n2nc(CC)cc2CC)nc2c1c(=O)n(C)c(=O)n2C. The maximum absolute atomic E-state index is 12.8. The summed E-state index contributed by atoms with van der Waals surface area (Å²) < 4.78 is 6.06. The first-order chi connectivity index (χ1) is 12.3. The van der Waals surface area contributed by atoms with Crippen molar-refractivity contribution in [1.29, 1.82) is 0 Å². The first kappa shape index (κ1) is 17.9. The smallest absolute Gasteiger partial charge is 0.298 e. The maximum atomic E-state index is 12.8. The molecule has 0 aliphatic heterocycles. The highest BCUT2D eigenvalue weighted by molar-refractivity contribution is 5.72. The molecule has 3 aromatic rings. The molecule has 8 nitrogen and oxygen atoms in total. The van der Waals surface area contributed by atoms with Gasteiger partial charge in [-0.3, -0.25) is 18.5 Å². The van der Waals surface area contributed by atoms with Crippen LogP contribution in [0.15, 0.2) is 27.8 Å². The summed E-state index contributed by atoms with van der Waals surface area (Å²) in [6.45, 7) is 10.4. The molecule has 26 heavy (non-hydrogen) atoms. The van der Waals surface area contributed by atoms with Crippen molar-refractivity contribution >= 4 is 11.2 Å². The van der Waals surface area contributed by atoms with Crippen molar-refractivity contribution in [3.05, 3.63) is 50.4 Å². The van der Waals surface area contributed by atoms with Crippen LogP contribution < -0.4 is 11.2 Å². The summed E-state index contributed by atoms with van der Waals surface area (Å²) in [7, 11) is 3.09. The molecular formula is C18H24N6O2. The van der Waals surface area contributed by atoms with E-state index in [0.29, 0.717) is 23.7 Å². The number of aryl methyl sites for hydroxylation is 3. The Bertz CT molecular complexity index is 1130. The molecule has 0 spiro atoms. The quantitative estimate of drug-likeness (QED) is 0.646. The Morgan fingerprint density at radius 1 is 1.15 bits per heavy atom. The summed E-state index contributed by atoms with van der Waals surface area (Å²) in [4.78, 5) is 29.7. The minimum absolute atomic E-state index is 0.352. The van der Waals surface area contributed by atoms with Crippen LogP contribution in [0.2, 0.25) is 0 Å². The van der Waals surface area contributed by atoms with Crippen LogP contribution in [0.1, 0.15) is 32.2 Å². The van der Waals surface area contributed by atoms with Crippen molar-refractivity contribution in [2.75, 3.05) is 0 Å². The van der Waals surface area contributed by atoms with Gasteiger partial charge >= 0.3 is 5.69 Å². The monoisotopic (exact) mass is 356 g/mol. The average Bonchev–Trinajstić information content (AvgIpc) is 3.18. The Balaban J connectivity index is 2.47. The van der Waals surface area contributed by atoms with Gasteiger partial charge in [-0.1, -0.05) is 26.0 Å². The number of rotatable bonds is 5. The van der Waals surface area contributed by atoms with E-state index in [4.69, 9.17) is 0 Å². The van der Waals surface area contributed by atoms with Gasteiger partial charge in [-0.15, -0.1) is 0 Å². The average molecular weight is 356 g/mol. The van der Waals surface area contributed by atoms with E-state index in [9.17, 15) is 9.59 Å². The molecule has 0 aliphatic carbocycles. The Morgan fingerprint density at radius 3 is 2.42 bits per heavy atom. The van der Waals surface area contributed by atoms with E-state index in [0.717, 1.165) is 34.4 Å². The zero-order valence-corrected chi connectivity index (χ0v) is 15.9. The molecule has 0 saturated carbocycles. The van der Waals surface area contributed by atoms with Crippen molar-refractivity contribution < 1.29 is 0 Å². The molecule has 3 rings (SSSR count). The van der Waals surface area contributed by atoms with Crippen LogP contribution in [0.5, 0.6) is 0 Å². The lowest BCUT2D eigenvalue weighted by Crippen LogP contribution is -2.37. The number of imidazole rings is 1. The normalized spacial score (nSPS) is 11.4. The molecular weight excluding hydrogens is 332 g/mol. The zero-order valence-electron chi connectivity index (χ0n) is 15.9. The molecule has 0 bridgehead atoms. The second-order valence-corrected chi connectivity index (χ2v) is 6.58. The third kappa shape index (κ3) is 2.61.